The van der Waals surface area contributed by atoms with Gasteiger partial charge in [-0.2, -0.15) is 13.2 Å². The Kier molecular flexibility index (Phi) is 8.40. The standard InChI is InChI=1S/C22H24F4O4/c1-3-21(23,22(24,25)26)20(30-15-16-7-5-4-6-8-16)19(13-27)29-14-17-9-11-18(28-2)12-10-17/h3-12,19-20,27H,1,13-15H2,2H3/t19-,20-,21+/m1/s1. The number of aliphatic hydroxyl groups is 1. The van der Waals surface area contributed by atoms with E-state index in [2.05, 4.69) is 6.58 Å². The van der Waals surface area contributed by atoms with Gasteiger partial charge in [0.05, 0.1) is 26.9 Å². The molecule has 0 bridgehead atoms. The number of methoxy groups -OCH3 is 1. The van der Waals surface area contributed by atoms with E-state index in [9.17, 15) is 18.3 Å². The zero-order valence-electron chi connectivity index (χ0n) is 16.4. The minimum absolute atomic E-state index is 0.141. The van der Waals surface area contributed by atoms with Gasteiger partial charge in [0, 0.05) is 0 Å². The molecule has 4 nitrogen and oxygen atoms in total. The summed E-state index contributed by atoms with van der Waals surface area (Å²) >= 11 is 0. The molecule has 1 N–H and O–H groups in total. The van der Waals surface area contributed by atoms with Crippen LogP contribution in [0.1, 0.15) is 11.1 Å². The third-order valence-electron chi connectivity index (χ3n) is 4.56. The molecule has 164 valence electrons. The van der Waals surface area contributed by atoms with Crippen LogP contribution < -0.4 is 4.74 Å². The Labute approximate surface area is 172 Å². The number of ether oxygens (including phenoxy) is 3. The lowest BCUT2D eigenvalue weighted by atomic mass is 9.93. The maximum absolute atomic E-state index is 15.1. The second-order valence-corrected chi connectivity index (χ2v) is 6.57. The third-order valence-corrected chi connectivity index (χ3v) is 4.56. The van der Waals surface area contributed by atoms with Crippen LogP contribution in [0.3, 0.4) is 0 Å². The average molecular weight is 428 g/mol. The summed E-state index contributed by atoms with van der Waals surface area (Å²) in [6.07, 6.45) is -8.94. The summed E-state index contributed by atoms with van der Waals surface area (Å²) in [6.45, 7) is 1.66. The highest BCUT2D eigenvalue weighted by molar-refractivity contribution is 5.26. The maximum atomic E-state index is 15.1. The van der Waals surface area contributed by atoms with Gasteiger partial charge < -0.3 is 19.3 Å². The molecule has 2 rings (SSSR count). The number of benzene rings is 2. The van der Waals surface area contributed by atoms with Gasteiger partial charge in [0.1, 0.15) is 18.0 Å². The topological polar surface area (TPSA) is 47.9 Å². The van der Waals surface area contributed by atoms with Crippen molar-refractivity contribution < 1.29 is 36.9 Å². The fourth-order valence-corrected chi connectivity index (χ4v) is 2.81. The summed E-state index contributed by atoms with van der Waals surface area (Å²) in [5.74, 6) is 0.591. The molecule has 0 heterocycles. The molecule has 0 saturated heterocycles. The Balaban J connectivity index is 2.23. The van der Waals surface area contributed by atoms with Crippen molar-refractivity contribution >= 4 is 0 Å². The fourth-order valence-electron chi connectivity index (χ4n) is 2.81. The molecule has 0 amide bonds. The van der Waals surface area contributed by atoms with Crippen molar-refractivity contribution in [3.05, 3.63) is 78.4 Å². The number of alkyl halides is 4. The van der Waals surface area contributed by atoms with E-state index >= 15 is 4.39 Å². The maximum Gasteiger partial charge on any atom is 0.428 e. The lowest BCUT2D eigenvalue weighted by Crippen LogP contribution is -2.56. The van der Waals surface area contributed by atoms with Crippen LogP contribution in [0.25, 0.3) is 0 Å². The Morgan fingerprint density at radius 3 is 2.00 bits per heavy atom. The van der Waals surface area contributed by atoms with Gasteiger partial charge in [-0.15, -0.1) is 0 Å². The lowest BCUT2D eigenvalue weighted by Gasteiger charge is -2.36. The molecule has 0 aliphatic carbocycles. The second-order valence-electron chi connectivity index (χ2n) is 6.57. The summed E-state index contributed by atoms with van der Waals surface area (Å²) in [6, 6.07) is 14.9. The van der Waals surface area contributed by atoms with Gasteiger partial charge >= 0.3 is 6.18 Å². The van der Waals surface area contributed by atoms with E-state index < -0.39 is 30.7 Å². The predicted molar refractivity (Wildman–Crippen MR) is 104 cm³/mol. The SMILES string of the molecule is C=C[C@](F)([C@H](OCc1ccccc1)[C@@H](CO)OCc1ccc(OC)cc1)C(F)(F)F. The normalized spacial score (nSPS) is 15.8. The molecule has 0 radical (unpaired) electrons. The van der Waals surface area contributed by atoms with E-state index in [4.69, 9.17) is 14.2 Å². The molecule has 0 unspecified atom stereocenters. The van der Waals surface area contributed by atoms with E-state index in [1.54, 1.807) is 54.6 Å². The number of rotatable bonds is 11. The van der Waals surface area contributed by atoms with Crippen LogP contribution in [-0.2, 0) is 22.7 Å². The molecule has 8 heteroatoms. The molecule has 0 fully saturated rings. The summed E-state index contributed by atoms with van der Waals surface area (Å²) in [4.78, 5) is 0. The first-order chi connectivity index (χ1) is 14.2. The largest absolute Gasteiger partial charge is 0.497 e. The van der Waals surface area contributed by atoms with E-state index in [0.717, 1.165) is 0 Å². The molecular weight excluding hydrogens is 404 g/mol. The van der Waals surface area contributed by atoms with Crippen LogP contribution in [0.4, 0.5) is 17.6 Å². The summed E-state index contributed by atoms with van der Waals surface area (Å²) in [7, 11) is 1.50. The molecule has 0 saturated carbocycles. The minimum Gasteiger partial charge on any atom is -0.497 e. The van der Waals surface area contributed by atoms with Gasteiger partial charge in [0.25, 0.3) is 5.67 Å². The molecule has 3 atom stereocenters. The smallest absolute Gasteiger partial charge is 0.428 e. The number of halogens is 4. The summed E-state index contributed by atoms with van der Waals surface area (Å²) in [5.41, 5.74) is -2.77. The van der Waals surface area contributed by atoms with E-state index in [0.29, 0.717) is 16.9 Å². The van der Waals surface area contributed by atoms with E-state index in [1.165, 1.54) is 7.11 Å². The molecule has 0 aliphatic rings. The number of hydrogen-bond donors (Lipinski definition) is 1. The van der Waals surface area contributed by atoms with Gasteiger partial charge in [-0.05, 0) is 29.3 Å². The van der Waals surface area contributed by atoms with Crippen molar-refractivity contribution in [2.24, 2.45) is 0 Å². The zero-order valence-corrected chi connectivity index (χ0v) is 16.4. The Morgan fingerprint density at radius 1 is 0.933 bits per heavy atom. The van der Waals surface area contributed by atoms with Gasteiger partial charge in [-0.3, -0.25) is 0 Å². The predicted octanol–water partition coefficient (Wildman–Crippen LogP) is 4.61. The minimum atomic E-state index is -5.31. The van der Waals surface area contributed by atoms with Crippen LogP contribution >= 0.6 is 0 Å². The molecule has 0 aromatic heterocycles. The van der Waals surface area contributed by atoms with Crippen molar-refractivity contribution in [1.29, 1.82) is 0 Å². The molecule has 2 aromatic rings. The monoisotopic (exact) mass is 428 g/mol. The number of hydrogen-bond acceptors (Lipinski definition) is 4. The van der Waals surface area contributed by atoms with Crippen molar-refractivity contribution in [1.82, 2.24) is 0 Å². The molecular formula is C22H24F4O4. The van der Waals surface area contributed by atoms with Gasteiger partial charge in [-0.1, -0.05) is 49.0 Å². The van der Waals surface area contributed by atoms with Crippen LogP contribution in [0, 0.1) is 0 Å². The Hall–Kier alpha value is -2.42. The highest BCUT2D eigenvalue weighted by Gasteiger charge is 2.61. The molecule has 0 spiro atoms. The van der Waals surface area contributed by atoms with Gasteiger partial charge in [-0.25, -0.2) is 4.39 Å². The number of aliphatic hydroxyl groups excluding tert-OH is 1. The third kappa shape index (κ3) is 5.81. The van der Waals surface area contributed by atoms with Crippen LogP contribution in [0.15, 0.2) is 67.3 Å². The van der Waals surface area contributed by atoms with Crippen molar-refractivity contribution in [3.63, 3.8) is 0 Å². The summed E-state index contributed by atoms with van der Waals surface area (Å²) in [5, 5.41) is 9.69. The van der Waals surface area contributed by atoms with Gasteiger partial charge in [0.2, 0.25) is 0 Å². The summed E-state index contributed by atoms with van der Waals surface area (Å²) < 4.78 is 71.5. The van der Waals surface area contributed by atoms with Crippen molar-refractivity contribution in [2.75, 3.05) is 13.7 Å². The van der Waals surface area contributed by atoms with Crippen LogP contribution in [0.2, 0.25) is 0 Å². The zero-order chi connectivity index (χ0) is 22.2. The first-order valence-corrected chi connectivity index (χ1v) is 9.15. The van der Waals surface area contributed by atoms with E-state index in [1.807, 2.05) is 0 Å². The van der Waals surface area contributed by atoms with Gasteiger partial charge in [0.15, 0.2) is 0 Å². The molecule has 0 aliphatic heterocycles. The highest BCUT2D eigenvalue weighted by Crippen LogP contribution is 2.41. The first kappa shape index (κ1) is 23.9. The van der Waals surface area contributed by atoms with Crippen molar-refractivity contribution in [2.45, 2.75) is 37.3 Å². The highest BCUT2D eigenvalue weighted by atomic mass is 19.4. The average Bonchev–Trinajstić information content (AvgIpc) is 2.75. The lowest BCUT2D eigenvalue weighted by molar-refractivity contribution is -0.269. The molecule has 2 aromatic carbocycles. The van der Waals surface area contributed by atoms with Crippen molar-refractivity contribution in [3.8, 4) is 5.75 Å². The quantitative estimate of drug-likeness (QED) is 0.419. The fraction of sp³-hybridized carbons (Fsp3) is 0.364. The first-order valence-electron chi connectivity index (χ1n) is 9.15. The van der Waals surface area contributed by atoms with Crippen LogP contribution in [0.5, 0.6) is 5.75 Å². The second kappa shape index (κ2) is 10.6. The van der Waals surface area contributed by atoms with Crippen LogP contribution in [-0.4, -0.2) is 42.9 Å². The Morgan fingerprint density at radius 2 is 1.50 bits per heavy atom. The Bertz CT molecular complexity index is 780. The molecule has 30 heavy (non-hydrogen) atoms. The van der Waals surface area contributed by atoms with E-state index in [-0.39, 0.29) is 19.3 Å².